The van der Waals surface area contributed by atoms with E-state index in [4.69, 9.17) is 16.3 Å². The van der Waals surface area contributed by atoms with Crippen LogP contribution in [-0.4, -0.2) is 28.3 Å². The van der Waals surface area contributed by atoms with Gasteiger partial charge >= 0.3 is 0 Å². The molecule has 4 rings (SSSR count). The first-order valence-electron chi connectivity index (χ1n) is 9.82. The number of nitrogens with zero attached hydrogens (tertiary/aromatic N) is 2. The largest absolute Gasteiger partial charge is 0.495 e. The zero-order valence-corrected chi connectivity index (χ0v) is 19.0. The van der Waals surface area contributed by atoms with E-state index in [-0.39, 0.29) is 17.2 Å². The molecule has 3 aromatic carbocycles. The molecule has 1 aromatic heterocycles. The van der Waals surface area contributed by atoms with Crippen molar-refractivity contribution in [3.05, 3.63) is 87.7 Å². The van der Waals surface area contributed by atoms with Crippen molar-refractivity contribution < 1.29 is 9.53 Å². The lowest BCUT2D eigenvalue weighted by Crippen LogP contribution is -2.23. The molecule has 0 aliphatic carbocycles. The second kappa shape index (κ2) is 9.46. The number of fused-ring (bicyclic) bond motifs is 1. The van der Waals surface area contributed by atoms with Crippen molar-refractivity contribution in [3.8, 4) is 11.4 Å². The maximum Gasteiger partial charge on any atom is 0.266 e. The van der Waals surface area contributed by atoms with Crippen LogP contribution in [0.25, 0.3) is 16.6 Å². The molecule has 0 unspecified atom stereocenters. The molecule has 32 heavy (non-hydrogen) atoms. The van der Waals surface area contributed by atoms with Crippen LogP contribution in [0.4, 0.5) is 5.69 Å². The number of thioether (sulfide) groups is 1. The molecule has 162 valence electrons. The molecule has 0 atom stereocenters. The second-order valence-electron chi connectivity index (χ2n) is 7.02. The van der Waals surface area contributed by atoms with Gasteiger partial charge in [0.25, 0.3) is 5.56 Å². The van der Waals surface area contributed by atoms with Crippen LogP contribution in [0.3, 0.4) is 0 Å². The zero-order chi connectivity index (χ0) is 22.7. The highest BCUT2D eigenvalue weighted by molar-refractivity contribution is 7.99. The molecule has 0 aliphatic rings. The Kier molecular flexibility index (Phi) is 6.48. The average molecular weight is 466 g/mol. The first-order chi connectivity index (χ1) is 15.5. The highest BCUT2D eigenvalue weighted by Crippen LogP contribution is 2.27. The number of ether oxygens (including phenoxy) is 1. The fourth-order valence-corrected chi connectivity index (χ4v) is 4.26. The Bertz CT molecular complexity index is 1370. The molecule has 1 N–H and O–H groups in total. The topological polar surface area (TPSA) is 73.2 Å². The summed E-state index contributed by atoms with van der Waals surface area (Å²) in [6.45, 7) is 1.89. The molecule has 0 spiro atoms. The van der Waals surface area contributed by atoms with E-state index in [0.717, 1.165) is 5.56 Å². The zero-order valence-electron chi connectivity index (χ0n) is 17.5. The Labute approximate surface area is 194 Å². The van der Waals surface area contributed by atoms with Gasteiger partial charge in [0.05, 0.1) is 29.5 Å². The number of aryl methyl sites for hydroxylation is 1. The first-order valence-corrected chi connectivity index (χ1v) is 11.2. The smallest absolute Gasteiger partial charge is 0.266 e. The summed E-state index contributed by atoms with van der Waals surface area (Å²) in [6, 6.07) is 19.7. The van der Waals surface area contributed by atoms with Gasteiger partial charge in [-0.2, -0.15) is 0 Å². The lowest BCUT2D eigenvalue weighted by atomic mass is 10.2. The van der Waals surface area contributed by atoms with E-state index in [1.807, 2.05) is 31.2 Å². The summed E-state index contributed by atoms with van der Waals surface area (Å²) in [5.74, 6) is 0.369. The van der Waals surface area contributed by atoms with E-state index >= 15 is 0 Å². The van der Waals surface area contributed by atoms with Gasteiger partial charge in [0, 0.05) is 10.7 Å². The van der Waals surface area contributed by atoms with Crippen molar-refractivity contribution in [1.29, 1.82) is 0 Å². The van der Waals surface area contributed by atoms with Crippen LogP contribution in [0.1, 0.15) is 5.56 Å². The lowest BCUT2D eigenvalue weighted by Gasteiger charge is -2.16. The fraction of sp³-hybridized carbons (Fsp3) is 0.125. The third-order valence-electron chi connectivity index (χ3n) is 4.88. The number of amides is 1. The molecular formula is C24H20ClN3O3S. The van der Waals surface area contributed by atoms with Crippen molar-refractivity contribution in [3.63, 3.8) is 0 Å². The van der Waals surface area contributed by atoms with Crippen LogP contribution in [0.2, 0.25) is 5.02 Å². The minimum atomic E-state index is -0.228. The van der Waals surface area contributed by atoms with Crippen LogP contribution in [-0.2, 0) is 4.79 Å². The van der Waals surface area contributed by atoms with Crippen LogP contribution >= 0.6 is 23.4 Å². The van der Waals surface area contributed by atoms with Crippen molar-refractivity contribution in [2.24, 2.45) is 0 Å². The predicted octanol–water partition coefficient (Wildman–Crippen LogP) is 5.09. The lowest BCUT2D eigenvalue weighted by molar-refractivity contribution is -0.113. The molecule has 1 heterocycles. The SMILES string of the molecule is COc1ccccc1-n1c(SCC(=O)Nc2cc(Cl)ccc2C)nc2ccccc2c1=O. The third-order valence-corrected chi connectivity index (χ3v) is 6.05. The Morgan fingerprint density at radius 3 is 2.69 bits per heavy atom. The number of anilines is 1. The van der Waals surface area contributed by atoms with Crippen LogP contribution in [0.5, 0.6) is 5.75 Å². The average Bonchev–Trinajstić information content (AvgIpc) is 2.80. The maximum absolute atomic E-state index is 13.4. The number of halogens is 1. The number of rotatable bonds is 6. The third kappa shape index (κ3) is 4.49. The first kappa shape index (κ1) is 21.9. The molecule has 0 fully saturated rings. The second-order valence-corrected chi connectivity index (χ2v) is 8.40. The van der Waals surface area contributed by atoms with Gasteiger partial charge in [-0.3, -0.25) is 14.2 Å². The summed E-state index contributed by atoms with van der Waals surface area (Å²) in [5.41, 5.74) is 2.46. The van der Waals surface area contributed by atoms with E-state index in [1.165, 1.54) is 16.3 Å². The Morgan fingerprint density at radius 2 is 1.88 bits per heavy atom. The molecule has 0 radical (unpaired) electrons. The monoisotopic (exact) mass is 465 g/mol. The van der Waals surface area contributed by atoms with Crippen molar-refractivity contribution >= 4 is 45.9 Å². The van der Waals surface area contributed by atoms with Gasteiger partial charge in [0.1, 0.15) is 5.75 Å². The number of benzene rings is 3. The molecule has 1 amide bonds. The molecular weight excluding hydrogens is 446 g/mol. The summed E-state index contributed by atoms with van der Waals surface area (Å²) in [7, 11) is 1.55. The normalized spacial score (nSPS) is 10.8. The molecule has 6 nitrogen and oxygen atoms in total. The Morgan fingerprint density at radius 1 is 1.12 bits per heavy atom. The number of hydrogen-bond acceptors (Lipinski definition) is 5. The van der Waals surface area contributed by atoms with Gasteiger partial charge in [-0.1, -0.05) is 53.7 Å². The molecule has 4 aromatic rings. The van der Waals surface area contributed by atoms with Crippen LogP contribution in [0.15, 0.2) is 76.7 Å². The van der Waals surface area contributed by atoms with E-state index in [1.54, 1.807) is 49.6 Å². The van der Waals surface area contributed by atoms with Crippen molar-refractivity contribution in [2.45, 2.75) is 12.1 Å². The quantitative estimate of drug-likeness (QED) is 0.317. The van der Waals surface area contributed by atoms with Gasteiger partial charge in [-0.25, -0.2) is 4.98 Å². The number of carbonyl (C=O) groups is 1. The van der Waals surface area contributed by atoms with Gasteiger partial charge in [0.15, 0.2) is 5.16 Å². The molecule has 0 aliphatic heterocycles. The van der Waals surface area contributed by atoms with Gasteiger partial charge in [-0.05, 0) is 48.9 Å². The molecule has 8 heteroatoms. The fourth-order valence-electron chi connectivity index (χ4n) is 3.28. The summed E-state index contributed by atoms with van der Waals surface area (Å²) in [6.07, 6.45) is 0. The number of para-hydroxylation sites is 3. The number of hydrogen-bond donors (Lipinski definition) is 1. The molecule has 0 saturated heterocycles. The van der Waals surface area contributed by atoms with Crippen molar-refractivity contribution in [1.82, 2.24) is 9.55 Å². The number of carbonyl (C=O) groups excluding carboxylic acids is 1. The standard InChI is InChI=1S/C24H20ClN3O3S/c1-15-11-12-16(25)13-19(15)26-22(29)14-32-24-27-18-8-4-3-7-17(18)23(30)28(24)20-9-5-6-10-21(20)31-2/h3-13H,14H2,1-2H3,(H,26,29). The Hall–Kier alpha value is -3.29. The highest BCUT2D eigenvalue weighted by Gasteiger charge is 2.17. The van der Waals surface area contributed by atoms with E-state index in [9.17, 15) is 9.59 Å². The summed E-state index contributed by atoms with van der Waals surface area (Å²) >= 11 is 7.23. The predicted molar refractivity (Wildman–Crippen MR) is 129 cm³/mol. The Balaban J connectivity index is 1.71. The van der Waals surface area contributed by atoms with Crippen molar-refractivity contribution in [2.75, 3.05) is 18.2 Å². The maximum atomic E-state index is 13.4. The highest BCUT2D eigenvalue weighted by atomic mass is 35.5. The van der Waals surface area contributed by atoms with Gasteiger partial charge in [0.2, 0.25) is 5.91 Å². The minimum Gasteiger partial charge on any atom is -0.495 e. The number of nitrogens with one attached hydrogen (secondary N) is 1. The summed E-state index contributed by atoms with van der Waals surface area (Å²) in [5, 5.41) is 4.30. The van der Waals surface area contributed by atoms with Crippen LogP contribution < -0.4 is 15.6 Å². The number of methoxy groups -OCH3 is 1. The van der Waals surface area contributed by atoms with Gasteiger partial charge in [-0.15, -0.1) is 0 Å². The van der Waals surface area contributed by atoms with E-state index < -0.39 is 0 Å². The van der Waals surface area contributed by atoms with Gasteiger partial charge < -0.3 is 10.1 Å². The van der Waals surface area contributed by atoms with E-state index in [0.29, 0.717) is 38.2 Å². The molecule has 0 saturated carbocycles. The molecule has 0 bridgehead atoms. The summed E-state index contributed by atoms with van der Waals surface area (Å²) in [4.78, 5) is 30.7. The minimum absolute atomic E-state index is 0.0614. The van der Waals surface area contributed by atoms with E-state index in [2.05, 4.69) is 10.3 Å². The summed E-state index contributed by atoms with van der Waals surface area (Å²) < 4.78 is 6.95. The number of aromatic nitrogens is 2. The van der Waals surface area contributed by atoms with Crippen LogP contribution in [0, 0.1) is 6.92 Å².